The van der Waals surface area contributed by atoms with Crippen LogP contribution in [0.15, 0.2) is 18.2 Å². The van der Waals surface area contributed by atoms with E-state index in [0.717, 1.165) is 5.56 Å². The molecule has 1 aromatic carbocycles. The summed E-state index contributed by atoms with van der Waals surface area (Å²) in [5.74, 6) is -1.60. The molecule has 0 fully saturated rings. The van der Waals surface area contributed by atoms with Gasteiger partial charge in [0.15, 0.2) is 0 Å². The van der Waals surface area contributed by atoms with Gasteiger partial charge in [0.05, 0.1) is 5.97 Å². The summed E-state index contributed by atoms with van der Waals surface area (Å²) in [6.07, 6.45) is 0. The topological polar surface area (TPSA) is 60.4 Å². The zero-order valence-corrected chi connectivity index (χ0v) is 9.50. The van der Waals surface area contributed by atoms with Crippen LogP contribution in [-0.2, 0) is 5.41 Å². The summed E-state index contributed by atoms with van der Waals surface area (Å²) in [5.41, 5.74) is 0.560. The molecule has 0 atom stereocenters. The zero-order valence-electron chi connectivity index (χ0n) is 9.50. The summed E-state index contributed by atoms with van der Waals surface area (Å²) in [6, 6.07) is 4.54. The smallest absolute Gasteiger partial charge is 0.545 e. The minimum absolute atomic E-state index is 0. The Morgan fingerprint density at radius 2 is 1.87 bits per heavy atom. The van der Waals surface area contributed by atoms with Gasteiger partial charge in [-0.15, -0.1) is 0 Å². The molecule has 0 aromatic heterocycles. The Kier molecular flexibility index (Phi) is 4.45. The molecule has 1 N–H and O–H groups in total. The standard InChI is InChI=1S/C11H14O3.Li/c1-11(2,3)7-4-5-9(12)8(6-7)10(13)14;/h4-6,12H,1-3H3,(H,13,14);/q;+1/p-1. The normalized spacial score (nSPS) is 10.6. The summed E-state index contributed by atoms with van der Waals surface area (Å²) in [7, 11) is 0. The maximum Gasteiger partial charge on any atom is 1.00 e. The second-order valence-electron chi connectivity index (χ2n) is 4.27. The van der Waals surface area contributed by atoms with E-state index in [0.29, 0.717) is 0 Å². The van der Waals surface area contributed by atoms with Gasteiger partial charge in [0.25, 0.3) is 0 Å². The average molecular weight is 200 g/mol. The number of carboxylic acid groups (broad SMARTS) is 1. The molecule has 0 radical (unpaired) electrons. The third-order valence-electron chi connectivity index (χ3n) is 2.08. The predicted molar refractivity (Wildman–Crippen MR) is 51.1 cm³/mol. The van der Waals surface area contributed by atoms with Crippen LogP contribution >= 0.6 is 0 Å². The van der Waals surface area contributed by atoms with E-state index in [2.05, 4.69) is 0 Å². The van der Waals surface area contributed by atoms with Crippen molar-refractivity contribution in [1.82, 2.24) is 0 Å². The van der Waals surface area contributed by atoms with Crippen LogP contribution in [0.1, 0.15) is 36.7 Å². The van der Waals surface area contributed by atoms with Gasteiger partial charge in [0, 0.05) is 5.56 Å². The molecule has 0 aliphatic carbocycles. The largest absolute Gasteiger partial charge is 1.00 e. The van der Waals surface area contributed by atoms with Crippen molar-refractivity contribution in [2.75, 3.05) is 0 Å². The van der Waals surface area contributed by atoms with E-state index in [1.165, 1.54) is 12.1 Å². The number of phenols is 1. The van der Waals surface area contributed by atoms with Crippen LogP contribution in [0.5, 0.6) is 5.75 Å². The van der Waals surface area contributed by atoms with Crippen molar-refractivity contribution in [3.63, 3.8) is 0 Å². The van der Waals surface area contributed by atoms with Gasteiger partial charge in [-0.25, -0.2) is 0 Å². The molecule has 0 heterocycles. The number of aromatic hydroxyl groups is 1. The third-order valence-corrected chi connectivity index (χ3v) is 2.08. The first kappa shape index (κ1) is 14.1. The van der Waals surface area contributed by atoms with Crippen molar-refractivity contribution in [3.05, 3.63) is 29.3 Å². The van der Waals surface area contributed by atoms with Crippen LogP contribution in [0.4, 0.5) is 0 Å². The molecular weight excluding hydrogens is 187 g/mol. The van der Waals surface area contributed by atoms with Crippen molar-refractivity contribution in [2.24, 2.45) is 0 Å². The van der Waals surface area contributed by atoms with E-state index in [9.17, 15) is 15.0 Å². The van der Waals surface area contributed by atoms with Crippen molar-refractivity contribution < 1.29 is 33.9 Å². The second kappa shape index (κ2) is 4.74. The van der Waals surface area contributed by atoms with Crippen LogP contribution < -0.4 is 24.0 Å². The number of rotatable bonds is 1. The van der Waals surface area contributed by atoms with Gasteiger partial charge in [-0.05, 0) is 23.1 Å². The molecule has 3 nitrogen and oxygen atoms in total. The molecular formula is C11H13LiO3. The molecule has 0 aliphatic heterocycles. The number of carbonyl (C=O) groups excluding carboxylic acids is 1. The predicted octanol–water partition coefficient (Wildman–Crippen LogP) is -1.94. The number of carboxylic acids is 1. The van der Waals surface area contributed by atoms with Gasteiger partial charge in [-0.1, -0.05) is 26.8 Å². The molecule has 0 amide bonds. The molecule has 4 heteroatoms. The second-order valence-corrected chi connectivity index (χ2v) is 4.27. The molecule has 1 rings (SSSR count). The third kappa shape index (κ3) is 3.30. The number of hydrogen-bond acceptors (Lipinski definition) is 3. The minimum Gasteiger partial charge on any atom is -0.545 e. The molecule has 0 spiro atoms. The van der Waals surface area contributed by atoms with Crippen molar-refractivity contribution in [3.8, 4) is 5.75 Å². The minimum atomic E-state index is -1.35. The van der Waals surface area contributed by atoms with Gasteiger partial charge in [-0.3, -0.25) is 0 Å². The SMILES string of the molecule is CC(C)(C)c1ccc(O)c(C(=O)[O-])c1.[Li+]. The van der Waals surface area contributed by atoms with E-state index >= 15 is 0 Å². The monoisotopic (exact) mass is 200 g/mol. The van der Waals surface area contributed by atoms with Gasteiger partial charge in [0.1, 0.15) is 5.75 Å². The van der Waals surface area contributed by atoms with E-state index in [4.69, 9.17) is 0 Å². The molecule has 0 saturated carbocycles. The van der Waals surface area contributed by atoms with Crippen molar-refractivity contribution >= 4 is 5.97 Å². The fourth-order valence-corrected chi connectivity index (χ4v) is 1.17. The van der Waals surface area contributed by atoms with E-state index in [1.54, 1.807) is 6.07 Å². The fourth-order valence-electron chi connectivity index (χ4n) is 1.17. The molecule has 0 saturated heterocycles. The fraction of sp³-hybridized carbons (Fsp3) is 0.364. The average Bonchev–Trinajstić information content (AvgIpc) is 2.02. The molecule has 0 aliphatic rings. The maximum absolute atomic E-state index is 10.6. The van der Waals surface area contributed by atoms with E-state index < -0.39 is 5.97 Å². The maximum atomic E-state index is 10.6. The summed E-state index contributed by atoms with van der Waals surface area (Å²) in [5, 5.41) is 19.9. The number of hydrogen-bond donors (Lipinski definition) is 1. The Morgan fingerprint density at radius 1 is 1.33 bits per heavy atom. The molecule has 0 bridgehead atoms. The summed E-state index contributed by atoms with van der Waals surface area (Å²) < 4.78 is 0. The number of benzene rings is 1. The Balaban J connectivity index is 0.00000196. The van der Waals surface area contributed by atoms with Crippen LogP contribution in [0.3, 0.4) is 0 Å². The van der Waals surface area contributed by atoms with Gasteiger partial charge >= 0.3 is 18.9 Å². The number of carbonyl (C=O) groups is 1. The van der Waals surface area contributed by atoms with E-state index in [-0.39, 0.29) is 35.6 Å². The molecule has 0 unspecified atom stereocenters. The van der Waals surface area contributed by atoms with Crippen LogP contribution in [0.25, 0.3) is 0 Å². The van der Waals surface area contributed by atoms with Crippen molar-refractivity contribution in [1.29, 1.82) is 0 Å². The number of aromatic carboxylic acids is 1. The van der Waals surface area contributed by atoms with Crippen LogP contribution in [0.2, 0.25) is 0 Å². The first-order chi connectivity index (χ1) is 6.32. The van der Waals surface area contributed by atoms with Gasteiger partial charge in [0.2, 0.25) is 0 Å². The van der Waals surface area contributed by atoms with E-state index in [1.807, 2.05) is 20.8 Å². The van der Waals surface area contributed by atoms with Crippen molar-refractivity contribution in [2.45, 2.75) is 26.2 Å². The van der Waals surface area contributed by atoms with Crippen LogP contribution in [-0.4, -0.2) is 11.1 Å². The first-order valence-corrected chi connectivity index (χ1v) is 4.37. The summed E-state index contributed by atoms with van der Waals surface area (Å²) >= 11 is 0. The summed E-state index contributed by atoms with van der Waals surface area (Å²) in [6.45, 7) is 5.91. The zero-order chi connectivity index (χ0) is 10.9. The molecule has 76 valence electrons. The van der Waals surface area contributed by atoms with Gasteiger partial charge in [-0.2, -0.15) is 0 Å². The summed E-state index contributed by atoms with van der Waals surface area (Å²) in [4.78, 5) is 10.6. The Hall–Kier alpha value is -0.913. The Bertz CT molecular complexity index is 367. The first-order valence-electron chi connectivity index (χ1n) is 4.37. The van der Waals surface area contributed by atoms with Gasteiger partial charge < -0.3 is 15.0 Å². The Morgan fingerprint density at radius 3 is 2.27 bits per heavy atom. The molecule has 15 heavy (non-hydrogen) atoms. The molecule has 1 aromatic rings. The van der Waals surface area contributed by atoms with Crippen LogP contribution in [0, 0.1) is 0 Å². The Labute approximate surface area is 101 Å². The quantitative estimate of drug-likeness (QED) is 0.536.